The molecule has 1 N–H and O–H groups in total. The summed E-state index contributed by atoms with van der Waals surface area (Å²) in [7, 11) is 0. The average molecular weight is 312 g/mol. The predicted octanol–water partition coefficient (Wildman–Crippen LogP) is 1.18. The van der Waals surface area contributed by atoms with E-state index in [0.29, 0.717) is 19.1 Å². The topological polar surface area (TPSA) is 57.2 Å². The van der Waals surface area contributed by atoms with Gasteiger partial charge in [0.25, 0.3) is 0 Å². The molecule has 0 aliphatic carbocycles. The Kier molecular flexibility index (Phi) is 8.89. The molecule has 0 aromatic heterocycles. The third-order valence-corrected chi connectivity index (χ3v) is 3.70. The first-order valence-corrected chi connectivity index (χ1v) is 8.41. The van der Waals surface area contributed by atoms with Crippen LogP contribution < -0.4 is 5.32 Å². The molecule has 1 saturated heterocycles. The number of hydrogen-bond acceptors (Lipinski definition) is 3. The molecule has 1 heterocycles. The summed E-state index contributed by atoms with van der Waals surface area (Å²) < 4.78 is 5.60. The van der Waals surface area contributed by atoms with E-state index in [2.05, 4.69) is 36.0 Å². The van der Waals surface area contributed by atoms with E-state index in [1.807, 2.05) is 4.90 Å². The summed E-state index contributed by atoms with van der Waals surface area (Å²) in [6.07, 6.45) is 1.09. The molecule has 0 saturated carbocycles. The van der Waals surface area contributed by atoms with Crippen LogP contribution in [0, 0.1) is 5.92 Å². The minimum Gasteiger partial charge on any atom is -0.380 e. The summed E-state index contributed by atoms with van der Waals surface area (Å²) >= 11 is 0. The van der Waals surface area contributed by atoms with Crippen molar-refractivity contribution >= 4 is 11.9 Å². The van der Waals surface area contributed by atoms with Gasteiger partial charge in [-0.3, -0.25) is 9.79 Å². The summed E-state index contributed by atoms with van der Waals surface area (Å²) in [5.74, 6) is 1.76. The highest BCUT2D eigenvalue weighted by Gasteiger charge is 2.20. The molecule has 0 atom stereocenters. The molecule has 0 aromatic carbocycles. The number of nitrogens with one attached hydrogen (secondary N) is 1. The molecule has 22 heavy (non-hydrogen) atoms. The van der Waals surface area contributed by atoms with Crippen molar-refractivity contribution in [3.8, 4) is 0 Å². The minimum atomic E-state index is 0.153. The molecule has 1 amide bonds. The zero-order valence-corrected chi connectivity index (χ0v) is 14.6. The Morgan fingerprint density at radius 1 is 1.18 bits per heavy atom. The number of rotatable bonds is 7. The molecule has 0 spiro atoms. The number of hydrogen-bond donors (Lipinski definition) is 1. The predicted molar refractivity (Wildman–Crippen MR) is 90.1 cm³/mol. The summed E-state index contributed by atoms with van der Waals surface area (Å²) in [6, 6.07) is 0. The highest BCUT2D eigenvalue weighted by atomic mass is 16.5. The molecule has 0 aromatic rings. The maximum atomic E-state index is 11.4. The Balaban J connectivity index is 2.34. The third kappa shape index (κ3) is 7.11. The molecular weight excluding hydrogens is 280 g/mol. The zero-order valence-electron chi connectivity index (χ0n) is 14.6. The van der Waals surface area contributed by atoms with Gasteiger partial charge in [-0.15, -0.1) is 0 Å². The maximum absolute atomic E-state index is 11.4. The van der Waals surface area contributed by atoms with Gasteiger partial charge >= 0.3 is 0 Å². The fourth-order valence-corrected chi connectivity index (χ4v) is 2.30. The van der Waals surface area contributed by atoms with Gasteiger partial charge in [-0.05, 0) is 19.3 Å². The van der Waals surface area contributed by atoms with Crippen LogP contribution in [0.3, 0.4) is 0 Å². The zero-order chi connectivity index (χ0) is 16.4. The highest BCUT2D eigenvalue weighted by Crippen LogP contribution is 2.03. The molecule has 128 valence electrons. The maximum Gasteiger partial charge on any atom is 0.219 e. The Hall–Kier alpha value is -1.30. The normalized spacial score (nSPS) is 16.3. The molecule has 1 aliphatic rings. The number of carbonyl (C=O) groups excluding carboxylic acids is 1. The quantitative estimate of drug-likeness (QED) is 0.436. The van der Waals surface area contributed by atoms with E-state index < -0.39 is 0 Å². The molecule has 1 aliphatic heterocycles. The van der Waals surface area contributed by atoms with Crippen molar-refractivity contribution in [1.82, 2.24) is 15.1 Å². The van der Waals surface area contributed by atoms with E-state index in [1.54, 1.807) is 6.92 Å². The number of aliphatic imine (C=N–C) groups is 1. The van der Waals surface area contributed by atoms with Crippen LogP contribution in [0.4, 0.5) is 0 Å². The smallest absolute Gasteiger partial charge is 0.219 e. The fourth-order valence-electron chi connectivity index (χ4n) is 2.30. The van der Waals surface area contributed by atoms with E-state index in [4.69, 9.17) is 4.74 Å². The van der Waals surface area contributed by atoms with Crippen molar-refractivity contribution < 1.29 is 9.53 Å². The van der Waals surface area contributed by atoms with Gasteiger partial charge in [-0.1, -0.05) is 13.8 Å². The number of piperazine rings is 1. The van der Waals surface area contributed by atoms with Crippen molar-refractivity contribution in [1.29, 1.82) is 0 Å². The molecular formula is C16H32N4O2. The lowest BCUT2D eigenvalue weighted by molar-refractivity contribution is -0.130. The molecule has 0 bridgehead atoms. The summed E-state index contributed by atoms with van der Waals surface area (Å²) in [5.41, 5.74) is 0. The van der Waals surface area contributed by atoms with Gasteiger partial charge in [0.15, 0.2) is 5.96 Å². The second kappa shape index (κ2) is 10.4. The monoisotopic (exact) mass is 312 g/mol. The van der Waals surface area contributed by atoms with Crippen LogP contribution in [-0.4, -0.2) is 74.1 Å². The first kappa shape index (κ1) is 18.7. The van der Waals surface area contributed by atoms with Crippen molar-refractivity contribution in [3.05, 3.63) is 0 Å². The molecule has 0 unspecified atom stereocenters. The number of carbonyl (C=O) groups is 1. The van der Waals surface area contributed by atoms with Crippen LogP contribution in [0.15, 0.2) is 4.99 Å². The van der Waals surface area contributed by atoms with Crippen LogP contribution in [0.25, 0.3) is 0 Å². The lowest BCUT2D eigenvalue weighted by atomic mass is 10.1. The van der Waals surface area contributed by atoms with Gasteiger partial charge in [0, 0.05) is 46.3 Å². The summed E-state index contributed by atoms with van der Waals surface area (Å²) in [5, 5.41) is 3.32. The Bertz CT molecular complexity index is 350. The van der Waals surface area contributed by atoms with Gasteiger partial charge in [-0.25, -0.2) is 0 Å². The SMILES string of the molecule is CCNC(=NCCOCCC(C)C)N1CCN(C(C)=O)CC1. The number of ether oxygens (including phenoxy) is 1. The summed E-state index contributed by atoms with van der Waals surface area (Å²) in [4.78, 5) is 20.1. The van der Waals surface area contributed by atoms with Crippen molar-refractivity contribution in [2.75, 3.05) is 52.5 Å². The lowest BCUT2D eigenvalue weighted by Gasteiger charge is -2.36. The molecule has 0 radical (unpaired) electrons. The number of guanidine groups is 1. The van der Waals surface area contributed by atoms with E-state index in [9.17, 15) is 4.79 Å². The Morgan fingerprint density at radius 2 is 1.82 bits per heavy atom. The molecule has 6 heteroatoms. The van der Waals surface area contributed by atoms with Crippen molar-refractivity contribution in [2.24, 2.45) is 10.9 Å². The van der Waals surface area contributed by atoms with Gasteiger partial charge in [-0.2, -0.15) is 0 Å². The van der Waals surface area contributed by atoms with Crippen LogP contribution in [0.1, 0.15) is 34.1 Å². The first-order valence-electron chi connectivity index (χ1n) is 8.41. The third-order valence-electron chi connectivity index (χ3n) is 3.70. The minimum absolute atomic E-state index is 0.153. The fraction of sp³-hybridized carbons (Fsp3) is 0.875. The van der Waals surface area contributed by atoms with Crippen LogP contribution in [0.2, 0.25) is 0 Å². The van der Waals surface area contributed by atoms with Gasteiger partial charge < -0.3 is 19.9 Å². The molecule has 1 fully saturated rings. The van der Waals surface area contributed by atoms with E-state index in [1.165, 1.54) is 0 Å². The van der Waals surface area contributed by atoms with Gasteiger partial charge in [0.1, 0.15) is 0 Å². The molecule has 1 rings (SSSR count). The van der Waals surface area contributed by atoms with Crippen molar-refractivity contribution in [3.63, 3.8) is 0 Å². The number of nitrogens with zero attached hydrogens (tertiary/aromatic N) is 3. The van der Waals surface area contributed by atoms with E-state index in [-0.39, 0.29) is 5.91 Å². The van der Waals surface area contributed by atoms with Gasteiger partial charge in [0.2, 0.25) is 5.91 Å². The van der Waals surface area contributed by atoms with Crippen LogP contribution in [-0.2, 0) is 9.53 Å². The first-order chi connectivity index (χ1) is 10.5. The standard InChI is InChI=1S/C16H32N4O2/c1-5-17-16(18-7-13-22-12-6-14(2)3)20-10-8-19(9-11-20)15(4)21/h14H,5-13H2,1-4H3,(H,17,18). The molecule has 6 nitrogen and oxygen atoms in total. The largest absolute Gasteiger partial charge is 0.380 e. The van der Waals surface area contributed by atoms with Crippen molar-refractivity contribution in [2.45, 2.75) is 34.1 Å². The van der Waals surface area contributed by atoms with Crippen LogP contribution >= 0.6 is 0 Å². The average Bonchev–Trinajstić information content (AvgIpc) is 2.49. The number of amides is 1. The second-order valence-corrected chi connectivity index (χ2v) is 6.02. The lowest BCUT2D eigenvalue weighted by Crippen LogP contribution is -2.53. The second-order valence-electron chi connectivity index (χ2n) is 6.02. The van der Waals surface area contributed by atoms with E-state index in [0.717, 1.165) is 51.7 Å². The van der Waals surface area contributed by atoms with Gasteiger partial charge in [0.05, 0.1) is 13.2 Å². The van der Waals surface area contributed by atoms with E-state index >= 15 is 0 Å². The highest BCUT2D eigenvalue weighted by molar-refractivity contribution is 5.80. The summed E-state index contributed by atoms with van der Waals surface area (Å²) in [6.45, 7) is 14.3. The Morgan fingerprint density at radius 3 is 2.36 bits per heavy atom. The Labute approximate surface area is 134 Å². The van der Waals surface area contributed by atoms with Crippen LogP contribution in [0.5, 0.6) is 0 Å².